The van der Waals surface area contributed by atoms with Crippen LogP contribution in [0.4, 0.5) is 5.69 Å². The fourth-order valence-electron chi connectivity index (χ4n) is 2.31. The van der Waals surface area contributed by atoms with E-state index in [0.717, 1.165) is 23.3 Å². The molecule has 1 aromatic heterocycles. The Morgan fingerprint density at radius 2 is 2.22 bits per heavy atom. The highest BCUT2D eigenvalue weighted by molar-refractivity contribution is 7.12. The second kappa shape index (κ2) is 6.66. The first-order valence-corrected chi connectivity index (χ1v) is 7.96. The summed E-state index contributed by atoms with van der Waals surface area (Å²) in [5, 5.41) is 4.42. The average Bonchev–Trinajstić information content (AvgIpc) is 3.20. The van der Waals surface area contributed by atoms with Crippen molar-refractivity contribution in [2.24, 2.45) is 0 Å². The SMILES string of the molecule is COC(=O)c1sccc1NC(=O)/C=C/c1ccc2c(c1)CCO2. The van der Waals surface area contributed by atoms with Gasteiger partial charge in [-0.15, -0.1) is 11.3 Å². The molecule has 1 aliphatic heterocycles. The van der Waals surface area contributed by atoms with Crippen molar-refractivity contribution in [3.8, 4) is 5.75 Å². The minimum Gasteiger partial charge on any atom is -0.493 e. The predicted octanol–water partition coefficient (Wildman–Crippen LogP) is 3.12. The minimum atomic E-state index is -0.460. The lowest BCUT2D eigenvalue weighted by atomic mass is 10.1. The Morgan fingerprint density at radius 1 is 1.35 bits per heavy atom. The molecule has 3 rings (SSSR count). The van der Waals surface area contributed by atoms with Crippen LogP contribution in [0.2, 0.25) is 0 Å². The molecule has 0 fully saturated rings. The molecular weight excluding hydrogens is 314 g/mol. The van der Waals surface area contributed by atoms with Crippen molar-refractivity contribution in [3.05, 3.63) is 51.7 Å². The summed E-state index contributed by atoms with van der Waals surface area (Å²) in [4.78, 5) is 24.0. The summed E-state index contributed by atoms with van der Waals surface area (Å²) in [6.45, 7) is 0.706. The van der Waals surface area contributed by atoms with Gasteiger partial charge in [-0.1, -0.05) is 6.07 Å². The van der Waals surface area contributed by atoms with E-state index in [2.05, 4.69) is 10.1 Å². The van der Waals surface area contributed by atoms with Crippen LogP contribution in [0, 0.1) is 0 Å². The zero-order valence-electron chi connectivity index (χ0n) is 12.5. The fraction of sp³-hybridized carbons (Fsp3) is 0.176. The van der Waals surface area contributed by atoms with E-state index in [1.807, 2.05) is 18.2 Å². The summed E-state index contributed by atoms with van der Waals surface area (Å²) in [6.07, 6.45) is 4.06. The molecule has 1 N–H and O–H groups in total. The molecule has 1 aliphatic rings. The van der Waals surface area contributed by atoms with Crippen molar-refractivity contribution in [1.82, 2.24) is 0 Å². The lowest BCUT2D eigenvalue weighted by Gasteiger charge is -2.03. The van der Waals surface area contributed by atoms with Crippen LogP contribution in [0.25, 0.3) is 6.08 Å². The van der Waals surface area contributed by atoms with Crippen LogP contribution in [-0.2, 0) is 16.0 Å². The third kappa shape index (κ3) is 3.43. The first-order chi connectivity index (χ1) is 11.2. The number of methoxy groups -OCH3 is 1. The summed E-state index contributed by atoms with van der Waals surface area (Å²) in [5.74, 6) is 0.149. The van der Waals surface area contributed by atoms with Crippen LogP contribution in [0.1, 0.15) is 20.8 Å². The van der Waals surface area contributed by atoms with E-state index in [9.17, 15) is 9.59 Å². The van der Waals surface area contributed by atoms with Crippen LogP contribution in [-0.4, -0.2) is 25.6 Å². The van der Waals surface area contributed by atoms with Crippen LogP contribution in [0.15, 0.2) is 35.7 Å². The molecule has 23 heavy (non-hydrogen) atoms. The highest BCUT2D eigenvalue weighted by atomic mass is 32.1. The number of anilines is 1. The van der Waals surface area contributed by atoms with Crippen LogP contribution < -0.4 is 10.1 Å². The Morgan fingerprint density at radius 3 is 3.04 bits per heavy atom. The number of benzene rings is 1. The zero-order chi connectivity index (χ0) is 16.2. The Balaban J connectivity index is 1.68. The van der Waals surface area contributed by atoms with Gasteiger partial charge in [0.15, 0.2) is 0 Å². The van der Waals surface area contributed by atoms with E-state index in [-0.39, 0.29) is 5.91 Å². The van der Waals surface area contributed by atoms with Gasteiger partial charge in [-0.25, -0.2) is 4.79 Å². The fourth-order valence-corrected chi connectivity index (χ4v) is 3.08. The quantitative estimate of drug-likeness (QED) is 0.691. The van der Waals surface area contributed by atoms with Crippen molar-refractivity contribution in [2.75, 3.05) is 19.0 Å². The molecule has 0 bridgehead atoms. The third-order valence-corrected chi connectivity index (χ3v) is 4.33. The third-order valence-electron chi connectivity index (χ3n) is 3.43. The second-order valence-electron chi connectivity index (χ2n) is 4.94. The highest BCUT2D eigenvalue weighted by Crippen LogP contribution is 2.26. The normalized spacial score (nSPS) is 12.7. The van der Waals surface area contributed by atoms with Crippen molar-refractivity contribution < 1.29 is 19.1 Å². The molecule has 118 valence electrons. The number of ether oxygens (including phenoxy) is 2. The summed E-state index contributed by atoms with van der Waals surface area (Å²) in [7, 11) is 1.31. The molecule has 5 nitrogen and oxygen atoms in total. The minimum absolute atomic E-state index is 0.301. The monoisotopic (exact) mass is 329 g/mol. The van der Waals surface area contributed by atoms with Gasteiger partial charge in [-0.2, -0.15) is 0 Å². The average molecular weight is 329 g/mol. The number of esters is 1. The number of carbonyl (C=O) groups is 2. The molecule has 2 heterocycles. The van der Waals surface area contributed by atoms with Crippen LogP contribution in [0.3, 0.4) is 0 Å². The molecule has 6 heteroatoms. The second-order valence-corrected chi connectivity index (χ2v) is 5.86. The van der Waals surface area contributed by atoms with E-state index >= 15 is 0 Å². The maximum absolute atomic E-state index is 12.0. The summed E-state index contributed by atoms with van der Waals surface area (Å²) < 4.78 is 10.1. The molecule has 0 saturated heterocycles. The molecular formula is C17H15NO4S. The van der Waals surface area contributed by atoms with Gasteiger partial charge < -0.3 is 14.8 Å². The van der Waals surface area contributed by atoms with Crippen molar-refractivity contribution in [1.29, 1.82) is 0 Å². The number of fused-ring (bicyclic) bond motifs is 1. The van der Waals surface area contributed by atoms with Gasteiger partial charge in [0.2, 0.25) is 5.91 Å². The van der Waals surface area contributed by atoms with Crippen molar-refractivity contribution in [2.45, 2.75) is 6.42 Å². The standard InChI is InChI=1S/C17H15NO4S/c1-21-17(20)16-13(7-9-23-16)18-15(19)5-3-11-2-4-14-12(10-11)6-8-22-14/h2-5,7,9-10H,6,8H2,1H3,(H,18,19)/b5-3+. The number of rotatable bonds is 4. The van der Waals surface area contributed by atoms with Gasteiger partial charge in [0.05, 0.1) is 19.4 Å². The van der Waals surface area contributed by atoms with Crippen molar-refractivity contribution in [3.63, 3.8) is 0 Å². The van der Waals surface area contributed by atoms with Gasteiger partial charge in [0, 0.05) is 12.5 Å². The molecule has 0 spiro atoms. The van der Waals surface area contributed by atoms with Gasteiger partial charge in [-0.3, -0.25) is 4.79 Å². The maximum atomic E-state index is 12.0. The Kier molecular flexibility index (Phi) is 4.43. The topological polar surface area (TPSA) is 64.6 Å². The summed E-state index contributed by atoms with van der Waals surface area (Å²) >= 11 is 1.22. The molecule has 0 aliphatic carbocycles. The molecule has 0 atom stereocenters. The van der Waals surface area contributed by atoms with E-state index in [4.69, 9.17) is 4.74 Å². The number of thiophene rings is 1. The van der Waals surface area contributed by atoms with Crippen LogP contribution in [0.5, 0.6) is 5.75 Å². The Hall–Kier alpha value is -2.60. The number of hydrogen-bond acceptors (Lipinski definition) is 5. The van der Waals surface area contributed by atoms with E-state index in [1.54, 1.807) is 17.5 Å². The first kappa shape index (κ1) is 15.3. The van der Waals surface area contributed by atoms with Gasteiger partial charge >= 0.3 is 5.97 Å². The smallest absolute Gasteiger partial charge is 0.350 e. The number of nitrogens with one attached hydrogen (secondary N) is 1. The van der Waals surface area contributed by atoms with E-state index in [0.29, 0.717) is 17.2 Å². The van der Waals surface area contributed by atoms with Gasteiger partial charge in [0.25, 0.3) is 0 Å². The van der Waals surface area contributed by atoms with Crippen molar-refractivity contribution >= 4 is 35.0 Å². The molecule has 0 radical (unpaired) electrons. The lowest BCUT2D eigenvalue weighted by molar-refractivity contribution is -0.111. The van der Waals surface area contributed by atoms with E-state index < -0.39 is 5.97 Å². The summed E-state index contributed by atoms with van der Waals surface area (Å²) in [5.41, 5.74) is 2.54. The van der Waals surface area contributed by atoms with Gasteiger partial charge in [0.1, 0.15) is 10.6 Å². The largest absolute Gasteiger partial charge is 0.493 e. The van der Waals surface area contributed by atoms with E-state index in [1.165, 1.54) is 24.5 Å². The highest BCUT2D eigenvalue weighted by Gasteiger charge is 2.15. The maximum Gasteiger partial charge on any atom is 0.350 e. The Bertz CT molecular complexity index is 779. The number of hydrogen-bond donors (Lipinski definition) is 1. The molecule has 0 saturated carbocycles. The lowest BCUT2D eigenvalue weighted by Crippen LogP contribution is -2.10. The molecule has 1 aromatic carbocycles. The predicted molar refractivity (Wildman–Crippen MR) is 89.0 cm³/mol. The number of amides is 1. The molecule has 0 unspecified atom stereocenters. The first-order valence-electron chi connectivity index (χ1n) is 7.08. The molecule has 2 aromatic rings. The summed E-state index contributed by atoms with van der Waals surface area (Å²) in [6, 6.07) is 7.50. The van der Waals surface area contributed by atoms with Gasteiger partial charge in [-0.05, 0) is 40.8 Å². The number of carbonyl (C=O) groups excluding carboxylic acids is 2. The zero-order valence-corrected chi connectivity index (χ0v) is 13.3. The van der Waals surface area contributed by atoms with Crippen LogP contribution >= 0.6 is 11.3 Å². The Labute approximate surface area is 137 Å². The molecule has 1 amide bonds.